The zero-order chi connectivity index (χ0) is 33.7. The number of hydrogen-bond donors (Lipinski definition) is 6. The van der Waals surface area contributed by atoms with E-state index < -0.39 is 46.0 Å². The molecule has 2 aliphatic heterocycles. The van der Waals surface area contributed by atoms with Gasteiger partial charge in [0.05, 0.1) is 22.9 Å². The van der Waals surface area contributed by atoms with E-state index >= 15 is 0 Å². The summed E-state index contributed by atoms with van der Waals surface area (Å²) in [5.74, 6) is -1.91. The van der Waals surface area contributed by atoms with Crippen molar-refractivity contribution < 1.29 is 33.0 Å². The van der Waals surface area contributed by atoms with Crippen LogP contribution in [0.1, 0.15) is 69.4 Å². The molecule has 4 atom stereocenters. The summed E-state index contributed by atoms with van der Waals surface area (Å²) in [6, 6.07) is 7.64. The fourth-order valence-electron chi connectivity index (χ4n) is 6.55. The van der Waals surface area contributed by atoms with Crippen LogP contribution in [0.15, 0.2) is 46.2 Å². The fraction of sp³-hybridized carbons (Fsp3) is 0.531. The van der Waals surface area contributed by atoms with Crippen molar-refractivity contribution in [2.45, 2.75) is 105 Å². The van der Waals surface area contributed by atoms with Gasteiger partial charge in [-0.25, -0.2) is 22.7 Å². The van der Waals surface area contributed by atoms with Crippen molar-refractivity contribution in [3.63, 3.8) is 0 Å². The minimum Gasteiger partial charge on any atom is -0.480 e. The summed E-state index contributed by atoms with van der Waals surface area (Å²) < 4.78 is 32.5. The largest absolute Gasteiger partial charge is 0.480 e. The summed E-state index contributed by atoms with van der Waals surface area (Å²) in [7, 11) is -3.92. The first-order chi connectivity index (χ1) is 22.4. The molecule has 1 aliphatic carbocycles. The third-order valence-corrected chi connectivity index (χ3v) is 12.0. The van der Waals surface area contributed by atoms with Crippen molar-refractivity contribution >= 4 is 57.1 Å². The number of hydrogen-bond acceptors (Lipinski definition) is 9. The zero-order valence-corrected chi connectivity index (χ0v) is 28.6. The molecule has 1 amide bonds. The number of nitrogens with zero attached hydrogens (tertiary/aromatic N) is 1. The molecule has 2 aromatic carbocycles. The maximum Gasteiger partial charge on any atom is 0.326 e. The molecule has 3 aliphatic rings. The Morgan fingerprint density at radius 3 is 2.45 bits per heavy atom. The lowest BCUT2D eigenvalue weighted by Gasteiger charge is -2.29. The highest BCUT2D eigenvalue weighted by Gasteiger charge is 2.37. The number of sulfonamides is 1. The summed E-state index contributed by atoms with van der Waals surface area (Å²) in [5, 5.41) is 25.6. The van der Waals surface area contributed by atoms with Gasteiger partial charge in [0.25, 0.3) is 0 Å². The van der Waals surface area contributed by atoms with Crippen molar-refractivity contribution in [2.24, 2.45) is 5.92 Å². The van der Waals surface area contributed by atoms with E-state index in [1.807, 2.05) is 0 Å². The number of carboxylic acids is 2. The summed E-state index contributed by atoms with van der Waals surface area (Å²) in [5.41, 5.74) is 2.37. The van der Waals surface area contributed by atoms with Gasteiger partial charge < -0.3 is 20.4 Å². The van der Waals surface area contributed by atoms with Gasteiger partial charge in [0, 0.05) is 18.0 Å². The first-order valence-corrected chi connectivity index (χ1v) is 18.7. The number of aryl methyl sites for hydroxylation is 1. The molecule has 6 N–H and O–H groups in total. The minimum atomic E-state index is -3.92. The smallest absolute Gasteiger partial charge is 0.326 e. The highest BCUT2D eigenvalue weighted by molar-refractivity contribution is 7.97. The average Bonchev–Trinajstić information content (AvgIpc) is 3.74. The second-order valence-electron chi connectivity index (χ2n) is 12.6. The molecule has 47 heavy (non-hydrogen) atoms. The van der Waals surface area contributed by atoms with E-state index in [4.69, 9.17) is 11.6 Å². The fourth-order valence-corrected chi connectivity index (χ4v) is 9.03. The number of aliphatic carboxylic acids is 2. The number of benzene rings is 2. The van der Waals surface area contributed by atoms with Gasteiger partial charge in [0.15, 0.2) is 0 Å². The Morgan fingerprint density at radius 1 is 1.06 bits per heavy atom. The van der Waals surface area contributed by atoms with Gasteiger partial charge in [-0.2, -0.15) is 0 Å². The first-order valence-electron chi connectivity index (χ1n) is 16.0. The Morgan fingerprint density at radius 2 is 1.77 bits per heavy atom. The zero-order valence-electron chi connectivity index (χ0n) is 26.2. The first kappa shape index (κ1) is 35.4. The lowest BCUT2D eigenvalue weighted by molar-refractivity contribution is -0.149. The molecule has 15 heteroatoms. The van der Waals surface area contributed by atoms with Crippen LogP contribution in [0, 0.1) is 5.92 Å². The molecule has 256 valence electrons. The van der Waals surface area contributed by atoms with Crippen LogP contribution < -0.4 is 20.1 Å². The van der Waals surface area contributed by atoms with Crippen LogP contribution in [-0.2, 0) is 37.4 Å². The van der Waals surface area contributed by atoms with E-state index in [1.54, 1.807) is 43.3 Å². The topological polar surface area (TPSA) is 177 Å². The van der Waals surface area contributed by atoms with Crippen molar-refractivity contribution in [1.82, 2.24) is 19.7 Å². The molecule has 0 aromatic heterocycles. The Labute approximate surface area is 284 Å². The number of likely N-dealkylation sites (tertiary alicyclic amines) is 1. The number of fused-ring (bicyclic) bond motifs is 1. The molecule has 2 heterocycles. The highest BCUT2D eigenvalue weighted by atomic mass is 35.5. The molecule has 2 aromatic rings. The number of carboxylic acid groups (broad SMARTS) is 2. The van der Waals surface area contributed by atoms with Gasteiger partial charge in [-0.3, -0.25) is 14.9 Å². The maximum absolute atomic E-state index is 13.2. The third-order valence-electron chi connectivity index (χ3n) is 9.16. The molecular weight excluding hydrogens is 666 g/mol. The Bertz CT molecular complexity index is 1570. The van der Waals surface area contributed by atoms with Gasteiger partial charge >= 0.3 is 11.9 Å². The summed E-state index contributed by atoms with van der Waals surface area (Å²) >= 11 is 7.88. The third kappa shape index (κ3) is 8.98. The molecule has 0 radical (unpaired) electrons. The lowest BCUT2D eigenvalue weighted by Crippen LogP contribution is -2.53. The van der Waals surface area contributed by atoms with Crippen molar-refractivity contribution in [3.05, 3.63) is 52.5 Å². The van der Waals surface area contributed by atoms with E-state index in [0.717, 1.165) is 22.6 Å². The van der Waals surface area contributed by atoms with E-state index in [9.17, 15) is 33.0 Å². The maximum atomic E-state index is 13.2. The van der Waals surface area contributed by atoms with Gasteiger partial charge in [-0.15, -0.1) is 0 Å². The summed E-state index contributed by atoms with van der Waals surface area (Å²) in [6.45, 7) is 1.91. The molecule has 12 nitrogen and oxygen atoms in total. The van der Waals surface area contributed by atoms with E-state index in [0.29, 0.717) is 37.3 Å². The van der Waals surface area contributed by atoms with Crippen molar-refractivity contribution in [2.75, 3.05) is 11.9 Å². The number of rotatable bonds is 14. The predicted octanol–water partition coefficient (Wildman–Crippen LogP) is 4.19. The highest BCUT2D eigenvalue weighted by Crippen LogP contribution is 2.38. The van der Waals surface area contributed by atoms with E-state index in [-0.39, 0.29) is 29.0 Å². The summed E-state index contributed by atoms with van der Waals surface area (Å²) in [4.78, 5) is 38.3. The van der Waals surface area contributed by atoms with Crippen LogP contribution in [0.4, 0.5) is 5.69 Å². The Hall–Kier alpha value is -2.88. The lowest BCUT2D eigenvalue weighted by atomic mass is 10.0. The normalized spacial score (nSPS) is 21.2. The molecule has 0 bridgehead atoms. The van der Waals surface area contributed by atoms with Crippen LogP contribution >= 0.6 is 23.5 Å². The monoisotopic (exact) mass is 707 g/mol. The number of amides is 1. The summed E-state index contributed by atoms with van der Waals surface area (Å²) in [6.07, 6.45) is 7.71. The molecule has 0 spiro atoms. The number of halogens is 1. The molecule has 2 fully saturated rings. The molecular formula is C32H42ClN5O7S2. The van der Waals surface area contributed by atoms with Crippen LogP contribution in [0.3, 0.4) is 0 Å². The predicted molar refractivity (Wildman–Crippen MR) is 180 cm³/mol. The minimum absolute atomic E-state index is 0.00279. The van der Waals surface area contributed by atoms with Crippen LogP contribution in [-0.4, -0.2) is 72.2 Å². The number of anilines is 1. The standard InChI is InChI=1S/C32H42ClN5O7S2/c1-19(30(39)38-14-4-7-26(38)32(42)43)35-24(31(40)41)13-12-20-8-10-22(11-9-20)18-34-47(44,45)28-17-27-25(16-23(28)33)36-29(37-46-27)15-21-5-2-3-6-21/h8-11,16-17,19,21,24,26,29,34-37H,2-7,12-15,18H2,1H3,(H,40,41)(H,42,43)/t19?,24-,26-,29-/m0/s1. The second kappa shape index (κ2) is 15.6. The van der Waals surface area contributed by atoms with Gasteiger partial charge in [0.2, 0.25) is 15.9 Å². The molecule has 5 rings (SSSR count). The molecule has 1 saturated carbocycles. The van der Waals surface area contributed by atoms with Crippen LogP contribution in [0.2, 0.25) is 5.02 Å². The van der Waals surface area contributed by atoms with Gasteiger partial charge in [0.1, 0.15) is 17.0 Å². The Balaban J connectivity index is 1.12. The van der Waals surface area contributed by atoms with Gasteiger partial charge in [-0.05, 0) is 80.2 Å². The quantitative estimate of drug-likeness (QED) is 0.155. The number of carbonyl (C=O) groups is 3. The van der Waals surface area contributed by atoms with Crippen molar-refractivity contribution in [3.8, 4) is 0 Å². The Kier molecular flexibility index (Phi) is 11.7. The van der Waals surface area contributed by atoms with Crippen molar-refractivity contribution in [1.29, 1.82) is 0 Å². The number of nitrogens with one attached hydrogen (secondary N) is 4. The van der Waals surface area contributed by atoms with Crippen LogP contribution in [0.5, 0.6) is 0 Å². The SMILES string of the molecule is CC(N[C@@H](CCc1ccc(CNS(=O)(=O)c2cc3c(cc2Cl)N[C@H](CC2CCCC2)NS3)cc1)C(=O)O)C(=O)N1CCC[C@H]1C(=O)O. The average molecular weight is 708 g/mol. The van der Waals surface area contributed by atoms with Gasteiger partial charge in [-0.1, -0.05) is 61.5 Å². The van der Waals surface area contributed by atoms with E-state index in [2.05, 4.69) is 20.1 Å². The molecule has 1 saturated heterocycles. The van der Waals surface area contributed by atoms with E-state index in [1.165, 1.54) is 42.5 Å². The van der Waals surface area contributed by atoms with Crippen LogP contribution in [0.25, 0.3) is 0 Å². The number of carbonyl (C=O) groups excluding carboxylic acids is 1. The second-order valence-corrected chi connectivity index (χ2v) is 15.6. The molecule has 1 unspecified atom stereocenters.